The van der Waals surface area contributed by atoms with Gasteiger partial charge in [-0.15, -0.1) is 0 Å². The van der Waals surface area contributed by atoms with Gasteiger partial charge in [-0.3, -0.25) is 23.8 Å². The number of nitrogens with zero attached hydrogens (tertiary/aromatic N) is 1. The SMILES string of the molecule is C=CC(=O)NC(C)(C)CS(=O)(=O)O.CN1C(=O)CCC1=O. The van der Waals surface area contributed by atoms with E-state index in [9.17, 15) is 22.8 Å². The summed E-state index contributed by atoms with van der Waals surface area (Å²) in [7, 11) is -2.57. The molecule has 8 nitrogen and oxygen atoms in total. The van der Waals surface area contributed by atoms with E-state index in [1.54, 1.807) is 0 Å². The number of nitrogens with one attached hydrogen (secondary N) is 1. The van der Waals surface area contributed by atoms with Gasteiger partial charge in [-0.05, 0) is 19.9 Å². The zero-order valence-corrected chi connectivity index (χ0v) is 13.1. The van der Waals surface area contributed by atoms with Crippen molar-refractivity contribution >= 4 is 27.8 Å². The normalized spacial score (nSPS) is 15.3. The molecule has 1 rings (SSSR count). The highest BCUT2D eigenvalue weighted by Gasteiger charge is 2.25. The summed E-state index contributed by atoms with van der Waals surface area (Å²) in [6.07, 6.45) is 1.83. The second-order valence-electron chi connectivity index (χ2n) is 5.15. The number of rotatable bonds is 4. The molecule has 2 N–H and O–H groups in total. The zero-order chi connectivity index (χ0) is 16.8. The Morgan fingerprint density at radius 3 is 2.05 bits per heavy atom. The zero-order valence-electron chi connectivity index (χ0n) is 12.2. The van der Waals surface area contributed by atoms with E-state index in [-0.39, 0.29) is 11.8 Å². The van der Waals surface area contributed by atoms with E-state index in [0.29, 0.717) is 12.8 Å². The summed E-state index contributed by atoms with van der Waals surface area (Å²) in [4.78, 5) is 33.0. The topological polar surface area (TPSA) is 121 Å². The van der Waals surface area contributed by atoms with Crippen LogP contribution in [0.3, 0.4) is 0 Å². The molecule has 0 saturated carbocycles. The first-order chi connectivity index (χ1) is 9.38. The van der Waals surface area contributed by atoms with Crippen LogP contribution in [-0.4, -0.2) is 53.9 Å². The molecule has 0 spiro atoms. The van der Waals surface area contributed by atoms with Crippen LogP contribution in [0, 0.1) is 0 Å². The summed E-state index contributed by atoms with van der Waals surface area (Å²) in [5.74, 6) is -1.13. The second kappa shape index (κ2) is 7.32. The fourth-order valence-electron chi connectivity index (χ4n) is 1.56. The molecule has 1 fully saturated rings. The van der Waals surface area contributed by atoms with Gasteiger partial charge in [0.25, 0.3) is 10.1 Å². The molecule has 1 heterocycles. The average molecular weight is 320 g/mol. The molecule has 1 saturated heterocycles. The molecule has 0 aromatic carbocycles. The lowest BCUT2D eigenvalue weighted by Crippen LogP contribution is -2.47. The lowest BCUT2D eigenvalue weighted by Gasteiger charge is -2.23. The van der Waals surface area contributed by atoms with Gasteiger partial charge in [0, 0.05) is 19.9 Å². The van der Waals surface area contributed by atoms with Crippen molar-refractivity contribution in [3.8, 4) is 0 Å². The number of imide groups is 1. The Balaban J connectivity index is 0.000000423. The Labute approximate surface area is 123 Å². The van der Waals surface area contributed by atoms with E-state index < -0.39 is 27.3 Å². The number of amides is 3. The number of carbonyl (C=O) groups is 3. The Morgan fingerprint density at radius 1 is 1.38 bits per heavy atom. The molecular weight excluding hydrogens is 300 g/mol. The molecule has 3 amide bonds. The van der Waals surface area contributed by atoms with Crippen molar-refractivity contribution < 1.29 is 27.4 Å². The highest BCUT2D eigenvalue weighted by molar-refractivity contribution is 7.85. The lowest BCUT2D eigenvalue weighted by molar-refractivity contribution is -0.136. The molecule has 0 aromatic rings. The molecule has 21 heavy (non-hydrogen) atoms. The van der Waals surface area contributed by atoms with Crippen molar-refractivity contribution in [2.45, 2.75) is 32.2 Å². The molecule has 0 aromatic heterocycles. The van der Waals surface area contributed by atoms with Crippen molar-refractivity contribution in [3.63, 3.8) is 0 Å². The fourth-order valence-corrected chi connectivity index (χ4v) is 2.55. The summed E-state index contributed by atoms with van der Waals surface area (Å²) >= 11 is 0. The van der Waals surface area contributed by atoms with Crippen molar-refractivity contribution in [1.29, 1.82) is 0 Å². The summed E-state index contributed by atoms with van der Waals surface area (Å²) < 4.78 is 29.5. The molecule has 0 bridgehead atoms. The molecule has 1 aliphatic heterocycles. The minimum absolute atomic E-state index is 0.0602. The van der Waals surface area contributed by atoms with E-state index in [2.05, 4.69) is 11.9 Å². The monoisotopic (exact) mass is 320 g/mol. The summed E-state index contributed by atoms with van der Waals surface area (Å²) in [6, 6.07) is 0. The van der Waals surface area contributed by atoms with E-state index >= 15 is 0 Å². The van der Waals surface area contributed by atoms with Gasteiger partial charge in [-0.25, -0.2) is 0 Å². The van der Waals surface area contributed by atoms with Crippen LogP contribution in [0.2, 0.25) is 0 Å². The molecule has 1 aliphatic rings. The summed E-state index contributed by atoms with van der Waals surface area (Å²) in [5, 5.41) is 2.37. The lowest BCUT2D eigenvalue weighted by atomic mass is 10.1. The Morgan fingerprint density at radius 2 is 1.81 bits per heavy atom. The maximum absolute atomic E-state index is 10.8. The van der Waals surface area contributed by atoms with Crippen LogP contribution in [0.4, 0.5) is 0 Å². The van der Waals surface area contributed by atoms with Gasteiger partial charge in [0.15, 0.2) is 0 Å². The smallest absolute Gasteiger partial charge is 0.267 e. The van der Waals surface area contributed by atoms with E-state index in [0.717, 1.165) is 6.08 Å². The summed E-state index contributed by atoms with van der Waals surface area (Å²) in [5.41, 5.74) is -1.00. The number of hydrogen-bond donors (Lipinski definition) is 2. The Kier molecular flexibility index (Phi) is 6.71. The van der Waals surface area contributed by atoms with Gasteiger partial charge >= 0.3 is 0 Å². The first kappa shape index (κ1) is 19.3. The molecular formula is C12H20N2O6S. The third kappa shape index (κ3) is 8.20. The van der Waals surface area contributed by atoms with Gasteiger partial charge in [-0.1, -0.05) is 6.58 Å². The van der Waals surface area contributed by atoms with E-state index in [4.69, 9.17) is 4.55 Å². The first-order valence-corrected chi connectivity index (χ1v) is 7.68. The molecule has 9 heteroatoms. The molecule has 0 unspecified atom stereocenters. The number of hydrogen-bond acceptors (Lipinski definition) is 5. The summed E-state index contributed by atoms with van der Waals surface area (Å²) in [6.45, 7) is 6.19. The molecule has 120 valence electrons. The number of carbonyl (C=O) groups excluding carboxylic acids is 3. The average Bonchev–Trinajstić information content (AvgIpc) is 2.57. The largest absolute Gasteiger partial charge is 0.347 e. The minimum Gasteiger partial charge on any atom is -0.347 e. The highest BCUT2D eigenvalue weighted by atomic mass is 32.2. The van der Waals surface area contributed by atoms with Gasteiger partial charge in [0.05, 0.1) is 11.3 Å². The van der Waals surface area contributed by atoms with Gasteiger partial charge < -0.3 is 5.32 Å². The van der Waals surface area contributed by atoms with Gasteiger partial charge in [0.1, 0.15) is 0 Å². The fraction of sp³-hybridized carbons (Fsp3) is 0.583. The maximum atomic E-state index is 10.8. The van der Waals surface area contributed by atoms with Crippen LogP contribution < -0.4 is 5.32 Å². The van der Waals surface area contributed by atoms with Crippen molar-refractivity contribution in [2.75, 3.05) is 12.8 Å². The highest BCUT2D eigenvalue weighted by Crippen LogP contribution is 2.07. The number of likely N-dealkylation sites (tertiary alicyclic amines) is 1. The Bertz CT molecular complexity index is 522. The predicted octanol–water partition coefficient (Wildman–Crippen LogP) is -0.280. The third-order valence-corrected chi connectivity index (χ3v) is 3.58. The van der Waals surface area contributed by atoms with E-state index in [1.807, 2.05) is 0 Å². The Hall–Kier alpha value is -1.74. The third-order valence-electron chi connectivity index (χ3n) is 2.49. The maximum Gasteiger partial charge on any atom is 0.267 e. The molecule has 0 radical (unpaired) electrons. The van der Waals surface area contributed by atoms with Gasteiger partial charge in [0.2, 0.25) is 17.7 Å². The first-order valence-electron chi connectivity index (χ1n) is 6.07. The van der Waals surface area contributed by atoms with Crippen LogP contribution in [0.1, 0.15) is 26.7 Å². The van der Waals surface area contributed by atoms with Crippen LogP contribution >= 0.6 is 0 Å². The van der Waals surface area contributed by atoms with Crippen molar-refractivity contribution in [1.82, 2.24) is 10.2 Å². The van der Waals surface area contributed by atoms with Crippen molar-refractivity contribution in [3.05, 3.63) is 12.7 Å². The molecule has 0 aliphatic carbocycles. The standard InChI is InChI=1S/C7H13NO4S.C5H7NO2/c1-4-6(9)8-7(2,3)5-13(10,11)12;1-6-4(7)2-3-5(6)8/h4H,1,5H2,2-3H3,(H,8,9)(H,10,11,12);2-3H2,1H3. The van der Waals surface area contributed by atoms with Crippen LogP contribution in [0.5, 0.6) is 0 Å². The van der Waals surface area contributed by atoms with Crippen LogP contribution in [-0.2, 0) is 24.5 Å². The quantitative estimate of drug-likeness (QED) is 0.417. The van der Waals surface area contributed by atoms with Crippen LogP contribution in [0.15, 0.2) is 12.7 Å². The minimum atomic E-state index is -4.08. The second-order valence-corrected chi connectivity index (χ2v) is 6.60. The van der Waals surface area contributed by atoms with Gasteiger partial charge in [-0.2, -0.15) is 8.42 Å². The van der Waals surface area contributed by atoms with Crippen molar-refractivity contribution in [2.24, 2.45) is 0 Å². The molecule has 0 atom stereocenters. The predicted molar refractivity (Wildman–Crippen MR) is 75.8 cm³/mol. The van der Waals surface area contributed by atoms with Crippen LogP contribution in [0.25, 0.3) is 0 Å². The van der Waals surface area contributed by atoms with E-state index in [1.165, 1.54) is 25.8 Å².